The molecule has 2 heterocycles. The van der Waals surface area contributed by atoms with Crippen molar-refractivity contribution in [1.82, 2.24) is 9.13 Å². The molecule has 13 rings (SSSR count). The standard InChI is InChI=1S/C66H44N2/c1-5-15-45(16-6-1)47-31-37-55(38-32-47)67-61-41-35-53(43-59(61)65-57(23-13-25-63(65)67)51-19-9-3-10-20-51)49-27-29-50(30-28-49)54-36-42-62-60(44-54)66-58(52-21-11-4-12-22-52)24-14-26-64(66)68(62)56-39-33-48(34-40-56)46-17-7-2-8-18-46/h1-44H. The van der Waals surface area contributed by atoms with E-state index in [1.54, 1.807) is 0 Å². The first kappa shape index (κ1) is 39.4. The lowest BCUT2D eigenvalue weighted by atomic mass is 9.95. The van der Waals surface area contributed by atoms with E-state index >= 15 is 0 Å². The maximum Gasteiger partial charge on any atom is 0.0547 e. The summed E-state index contributed by atoms with van der Waals surface area (Å²) in [7, 11) is 0. The highest BCUT2D eigenvalue weighted by atomic mass is 15.0. The van der Waals surface area contributed by atoms with E-state index in [-0.39, 0.29) is 0 Å². The fourth-order valence-electron chi connectivity index (χ4n) is 10.5. The predicted octanol–water partition coefficient (Wildman–Crippen LogP) is 17.9. The second kappa shape index (κ2) is 16.5. The summed E-state index contributed by atoms with van der Waals surface area (Å²) >= 11 is 0. The van der Waals surface area contributed by atoms with Crippen molar-refractivity contribution in [2.75, 3.05) is 0 Å². The number of rotatable bonds is 8. The fraction of sp³-hybridized carbons (Fsp3) is 0. The summed E-state index contributed by atoms with van der Waals surface area (Å²) in [6.07, 6.45) is 0. The van der Waals surface area contributed by atoms with Crippen LogP contribution in [0, 0.1) is 0 Å². The van der Waals surface area contributed by atoms with Gasteiger partial charge in [-0.3, -0.25) is 0 Å². The summed E-state index contributed by atoms with van der Waals surface area (Å²) < 4.78 is 4.85. The largest absolute Gasteiger partial charge is 0.309 e. The van der Waals surface area contributed by atoms with E-state index < -0.39 is 0 Å². The maximum atomic E-state index is 2.43. The first-order valence-corrected chi connectivity index (χ1v) is 23.4. The fourth-order valence-corrected chi connectivity index (χ4v) is 10.5. The number of benzene rings is 11. The van der Waals surface area contributed by atoms with Crippen molar-refractivity contribution in [2.45, 2.75) is 0 Å². The highest BCUT2D eigenvalue weighted by Crippen LogP contribution is 2.43. The third kappa shape index (κ3) is 6.73. The molecule has 0 amide bonds. The lowest BCUT2D eigenvalue weighted by Gasteiger charge is -2.11. The van der Waals surface area contributed by atoms with Crippen LogP contribution >= 0.6 is 0 Å². The lowest BCUT2D eigenvalue weighted by molar-refractivity contribution is 1.18. The zero-order valence-electron chi connectivity index (χ0n) is 37.3. The van der Waals surface area contributed by atoms with Crippen molar-refractivity contribution < 1.29 is 0 Å². The SMILES string of the molecule is c1ccc(-c2ccc(-n3c4ccc(-c5ccc(-c6ccc7c(c6)c6c(-c8ccccc8)cccc6n7-c6ccc(-c7ccccc7)cc6)cc5)cc4c4c(-c5ccccc5)cccc43)cc2)cc1. The van der Waals surface area contributed by atoms with Gasteiger partial charge in [0.2, 0.25) is 0 Å². The predicted molar refractivity (Wildman–Crippen MR) is 288 cm³/mol. The van der Waals surface area contributed by atoms with Crippen LogP contribution in [0.5, 0.6) is 0 Å². The molecule has 11 aromatic carbocycles. The van der Waals surface area contributed by atoms with E-state index in [9.17, 15) is 0 Å². The Labute approximate surface area is 395 Å². The molecular weight excluding hydrogens is 821 g/mol. The minimum atomic E-state index is 1.14. The van der Waals surface area contributed by atoms with E-state index in [4.69, 9.17) is 0 Å². The molecule has 0 aliphatic rings. The van der Waals surface area contributed by atoms with Crippen molar-refractivity contribution in [3.8, 4) is 78.1 Å². The van der Waals surface area contributed by atoms with Gasteiger partial charge < -0.3 is 9.13 Å². The highest BCUT2D eigenvalue weighted by molar-refractivity contribution is 6.18. The van der Waals surface area contributed by atoms with Gasteiger partial charge >= 0.3 is 0 Å². The normalized spacial score (nSPS) is 11.5. The van der Waals surface area contributed by atoms with Crippen LogP contribution in [0.1, 0.15) is 0 Å². The Kier molecular flexibility index (Phi) is 9.54. The minimum absolute atomic E-state index is 1.14. The van der Waals surface area contributed by atoms with Crippen molar-refractivity contribution in [3.05, 3.63) is 267 Å². The van der Waals surface area contributed by atoms with Gasteiger partial charge in [0, 0.05) is 32.9 Å². The van der Waals surface area contributed by atoms with E-state index in [1.165, 1.54) is 110 Å². The average Bonchev–Trinajstić information content (AvgIpc) is 3.94. The van der Waals surface area contributed by atoms with Crippen molar-refractivity contribution in [3.63, 3.8) is 0 Å². The molecule has 0 spiro atoms. The summed E-state index contributed by atoms with van der Waals surface area (Å²) in [4.78, 5) is 0. The van der Waals surface area contributed by atoms with Gasteiger partial charge in [0.05, 0.1) is 22.1 Å². The van der Waals surface area contributed by atoms with Crippen molar-refractivity contribution >= 4 is 43.6 Å². The summed E-state index contributed by atoms with van der Waals surface area (Å²) in [6.45, 7) is 0. The Morgan fingerprint density at radius 1 is 0.191 bits per heavy atom. The Balaban J connectivity index is 0.914. The Morgan fingerprint density at radius 2 is 0.485 bits per heavy atom. The van der Waals surface area contributed by atoms with Gasteiger partial charge in [0.1, 0.15) is 0 Å². The van der Waals surface area contributed by atoms with Gasteiger partial charge in [-0.2, -0.15) is 0 Å². The zero-order valence-corrected chi connectivity index (χ0v) is 37.3. The van der Waals surface area contributed by atoms with E-state index in [0.29, 0.717) is 0 Å². The molecule has 0 radical (unpaired) electrons. The van der Waals surface area contributed by atoms with Crippen LogP contribution < -0.4 is 0 Å². The van der Waals surface area contributed by atoms with Crippen LogP contribution in [0.3, 0.4) is 0 Å². The van der Waals surface area contributed by atoms with Crippen molar-refractivity contribution in [1.29, 1.82) is 0 Å². The third-order valence-corrected chi connectivity index (χ3v) is 13.8. The summed E-state index contributed by atoms with van der Waals surface area (Å²) in [5, 5.41) is 4.99. The second-order valence-electron chi connectivity index (χ2n) is 17.7. The number of aromatic nitrogens is 2. The van der Waals surface area contributed by atoms with Crippen LogP contribution in [0.15, 0.2) is 267 Å². The molecule has 0 atom stereocenters. The molecule has 0 unspecified atom stereocenters. The number of fused-ring (bicyclic) bond motifs is 6. The Hall–Kier alpha value is -8.98. The van der Waals surface area contributed by atoms with Gasteiger partial charge in [-0.05, 0) is 127 Å². The smallest absolute Gasteiger partial charge is 0.0547 e. The van der Waals surface area contributed by atoms with Crippen LogP contribution in [0.4, 0.5) is 0 Å². The summed E-state index contributed by atoms with van der Waals surface area (Å²) in [6, 6.07) is 97.3. The molecule has 0 saturated carbocycles. The average molecular weight is 865 g/mol. The maximum absolute atomic E-state index is 2.43. The highest BCUT2D eigenvalue weighted by Gasteiger charge is 2.20. The molecule has 2 heteroatoms. The quantitative estimate of drug-likeness (QED) is 0.144. The Morgan fingerprint density at radius 3 is 0.853 bits per heavy atom. The molecule has 0 bridgehead atoms. The molecule has 2 nitrogen and oxygen atoms in total. The van der Waals surface area contributed by atoms with Crippen LogP contribution in [0.2, 0.25) is 0 Å². The van der Waals surface area contributed by atoms with E-state index in [0.717, 1.165) is 11.4 Å². The molecular formula is C66H44N2. The van der Waals surface area contributed by atoms with Gasteiger partial charge in [0.15, 0.2) is 0 Å². The number of nitrogens with zero attached hydrogens (tertiary/aromatic N) is 2. The number of hydrogen-bond acceptors (Lipinski definition) is 0. The molecule has 0 aliphatic heterocycles. The monoisotopic (exact) mass is 864 g/mol. The third-order valence-electron chi connectivity index (χ3n) is 13.8. The first-order chi connectivity index (χ1) is 33.7. The van der Waals surface area contributed by atoms with Crippen LogP contribution in [-0.4, -0.2) is 9.13 Å². The topological polar surface area (TPSA) is 9.86 Å². The van der Waals surface area contributed by atoms with E-state index in [1.807, 2.05) is 0 Å². The molecule has 68 heavy (non-hydrogen) atoms. The summed E-state index contributed by atoms with van der Waals surface area (Å²) in [5.41, 5.74) is 21.5. The van der Waals surface area contributed by atoms with Crippen LogP contribution in [-0.2, 0) is 0 Å². The molecule has 13 aromatic rings. The van der Waals surface area contributed by atoms with Gasteiger partial charge in [-0.25, -0.2) is 0 Å². The van der Waals surface area contributed by atoms with Gasteiger partial charge in [-0.1, -0.05) is 206 Å². The van der Waals surface area contributed by atoms with Gasteiger partial charge in [-0.15, -0.1) is 0 Å². The molecule has 318 valence electrons. The molecule has 0 fully saturated rings. The Bertz CT molecular complexity index is 3680. The molecule has 2 aromatic heterocycles. The lowest BCUT2D eigenvalue weighted by Crippen LogP contribution is -1.94. The minimum Gasteiger partial charge on any atom is -0.309 e. The van der Waals surface area contributed by atoms with Gasteiger partial charge in [0.25, 0.3) is 0 Å². The first-order valence-electron chi connectivity index (χ1n) is 23.4. The summed E-state index contributed by atoms with van der Waals surface area (Å²) in [5.74, 6) is 0. The van der Waals surface area contributed by atoms with E-state index in [2.05, 4.69) is 276 Å². The number of hydrogen-bond donors (Lipinski definition) is 0. The zero-order chi connectivity index (χ0) is 45.0. The molecule has 0 aliphatic carbocycles. The molecule has 0 saturated heterocycles. The second-order valence-corrected chi connectivity index (χ2v) is 17.7. The molecule has 0 N–H and O–H groups in total. The van der Waals surface area contributed by atoms with Crippen molar-refractivity contribution in [2.24, 2.45) is 0 Å². The van der Waals surface area contributed by atoms with Crippen LogP contribution in [0.25, 0.3) is 122 Å².